The van der Waals surface area contributed by atoms with Gasteiger partial charge in [0, 0.05) is 17.8 Å². The van der Waals surface area contributed by atoms with Crippen molar-refractivity contribution in [1.29, 1.82) is 0 Å². The van der Waals surface area contributed by atoms with Crippen molar-refractivity contribution < 1.29 is 9.90 Å². The van der Waals surface area contributed by atoms with Gasteiger partial charge in [0.15, 0.2) is 0 Å². The fourth-order valence-corrected chi connectivity index (χ4v) is 2.82. The molecule has 0 spiro atoms. The monoisotopic (exact) mass is 270 g/mol. The van der Waals surface area contributed by atoms with Crippen LogP contribution < -0.4 is 5.32 Å². The van der Waals surface area contributed by atoms with Crippen LogP contribution in [0.5, 0.6) is 0 Å². The Morgan fingerprint density at radius 3 is 2.85 bits per heavy atom. The first kappa shape index (κ1) is 13.1. The smallest absolute Gasteiger partial charge is 0.253 e. The molecule has 0 aliphatic heterocycles. The van der Waals surface area contributed by atoms with E-state index in [1.807, 2.05) is 24.3 Å². The summed E-state index contributed by atoms with van der Waals surface area (Å²) in [5.74, 6) is -0.153. The van der Waals surface area contributed by atoms with E-state index in [1.165, 1.54) is 0 Å². The lowest BCUT2D eigenvalue weighted by Gasteiger charge is -2.28. The van der Waals surface area contributed by atoms with E-state index in [0.717, 1.165) is 36.5 Å². The molecule has 104 valence electrons. The first-order chi connectivity index (χ1) is 9.75. The van der Waals surface area contributed by atoms with Crippen molar-refractivity contribution in [2.45, 2.75) is 37.8 Å². The number of nitrogens with one attached hydrogen (secondary N) is 1. The van der Waals surface area contributed by atoms with Crippen molar-refractivity contribution in [2.24, 2.45) is 0 Å². The van der Waals surface area contributed by atoms with Crippen LogP contribution in [0.1, 0.15) is 36.0 Å². The Hall–Kier alpha value is -1.94. The average molecular weight is 270 g/mol. The molecule has 20 heavy (non-hydrogen) atoms. The first-order valence-electron chi connectivity index (χ1n) is 7.07. The van der Waals surface area contributed by atoms with Crippen LogP contribution in [0.15, 0.2) is 36.7 Å². The van der Waals surface area contributed by atoms with Crippen LogP contribution >= 0.6 is 0 Å². The summed E-state index contributed by atoms with van der Waals surface area (Å²) in [7, 11) is 0. The third-order valence-electron chi connectivity index (χ3n) is 3.96. The van der Waals surface area contributed by atoms with E-state index in [2.05, 4.69) is 10.3 Å². The highest BCUT2D eigenvalue weighted by molar-refractivity contribution is 6.06. The zero-order chi connectivity index (χ0) is 13.9. The number of hydrogen-bond acceptors (Lipinski definition) is 3. The number of carbonyl (C=O) groups excluding carboxylic acids is 1. The topological polar surface area (TPSA) is 62.2 Å². The van der Waals surface area contributed by atoms with Crippen molar-refractivity contribution >= 4 is 16.7 Å². The molecular formula is C16H18N2O2. The first-order valence-corrected chi connectivity index (χ1v) is 7.07. The minimum absolute atomic E-state index is 0.143. The molecule has 4 nitrogen and oxygen atoms in total. The lowest BCUT2D eigenvalue weighted by atomic mass is 9.92. The predicted octanol–water partition coefficient (Wildman–Crippen LogP) is 2.27. The highest BCUT2D eigenvalue weighted by atomic mass is 16.3. The zero-order valence-electron chi connectivity index (χ0n) is 11.2. The summed E-state index contributed by atoms with van der Waals surface area (Å²) in [6.45, 7) is 0. The van der Waals surface area contributed by atoms with Crippen LogP contribution in [0.4, 0.5) is 0 Å². The number of aromatic nitrogens is 1. The van der Waals surface area contributed by atoms with Gasteiger partial charge in [0.1, 0.15) is 0 Å². The summed E-state index contributed by atoms with van der Waals surface area (Å²) in [5.41, 5.74) is 0.570. The molecule has 0 saturated heterocycles. The second-order valence-corrected chi connectivity index (χ2v) is 5.34. The highest BCUT2D eigenvalue weighted by Crippen LogP contribution is 2.20. The van der Waals surface area contributed by atoms with Crippen LogP contribution in [-0.2, 0) is 0 Å². The van der Waals surface area contributed by atoms with Gasteiger partial charge in [-0.25, -0.2) is 0 Å². The fraction of sp³-hybridized carbons (Fsp3) is 0.375. The molecule has 1 aromatic heterocycles. The van der Waals surface area contributed by atoms with E-state index in [-0.39, 0.29) is 11.9 Å². The van der Waals surface area contributed by atoms with Crippen LogP contribution in [0.25, 0.3) is 10.8 Å². The van der Waals surface area contributed by atoms with Gasteiger partial charge >= 0.3 is 0 Å². The van der Waals surface area contributed by atoms with E-state index in [0.29, 0.717) is 5.56 Å². The third kappa shape index (κ3) is 2.51. The number of aliphatic hydroxyl groups excluding tert-OH is 1. The summed E-state index contributed by atoms with van der Waals surface area (Å²) in [6.07, 6.45) is 6.59. The lowest BCUT2D eigenvalue weighted by Crippen LogP contribution is -2.45. The maximum Gasteiger partial charge on any atom is 0.253 e. The van der Waals surface area contributed by atoms with Crippen LogP contribution in [0.2, 0.25) is 0 Å². The minimum atomic E-state index is -0.435. The van der Waals surface area contributed by atoms with E-state index in [1.54, 1.807) is 12.4 Å². The number of aliphatic hydroxyl groups is 1. The molecule has 0 bridgehead atoms. The van der Waals surface area contributed by atoms with Crippen molar-refractivity contribution in [3.63, 3.8) is 0 Å². The minimum Gasteiger partial charge on any atom is -0.391 e. The van der Waals surface area contributed by atoms with Gasteiger partial charge in [0.25, 0.3) is 5.91 Å². The van der Waals surface area contributed by atoms with Gasteiger partial charge in [-0.1, -0.05) is 37.1 Å². The van der Waals surface area contributed by atoms with E-state index in [4.69, 9.17) is 0 Å². The molecule has 4 heteroatoms. The maximum absolute atomic E-state index is 12.4. The summed E-state index contributed by atoms with van der Waals surface area (Å²) in [6, 6.07) is 7.55. The van der Waals surface area contributed by atoms with Crippen molar-refractivity contribution in [1.82, 2.24) is 10.3 Å². The second-order valence-electron chi connectivity index (χ2n) is 5.34. The number of carbonyl (C=O) groups is 1. The summed E-state index contributed by atoms with van der Waals surface area (Å²) >= 11 is 0. The van der Waals surface area contributed by atoms with Gasteiger partial charge in [-0.15, -0.1) is 0 Å². The van der Waals surface area contributed by atoms with Gasteiger partial charge in [-0.3, -0.25) is 9.78 Å². The SMILES string of the molecule is O=C(N[C@H]1CCCC[C@H]1O)c1cncc2ccccc12. The summed E-state index contributed by atoms with van der Waals surface area (Å²) in [4.78, 5) is 16.5. The number of nitrogens with zero attached hydrogens (tertiary/aromatic N) is 1. The number of rotatable bonds is 2. The molecule has 2 N–H and O–H groups in total. The Morgan fingerprint density at radius 2 is 2.00 bits per heavy atom. The van der Waals surface area contributed by atoms with E-state index >= 15 is 0 Å². The Balaban J connectivity index is 1.85. The van der Waals surface area contributed by atoms with Crippen LogP contribution in [-0.4, -0.2) is 28.1 Å². The van der Waals surface area contributed by atoms with Gasteiger partial charge in [-0.2, -0.15) is 0 Å². The van der Waals surface area contributed by atoms with Crippen molar-refractivity contribution in [3.05, 3.63) is 42.2 Å². The largest absolute Gasteiger partial charge is 0.391 e. The summed E-state index contributed by atoms with van der Waals surface area (Å²) < 4.78 is 0. The molecule has 1 fully saturated rings. The lowest BCUT2D eigenvalue weighted by molar-refractivity contribution is 0.0718. The van der Waals surface area contributed by atoms with Gasteiger partial charge in [0.05, 0.1) is 17.7 Å². The van der Waals surface area contributed by atoms with Crippen LogP contribution in [0, 0.1) is 0 Å². The molecule has 0 unspecified atom stereocenters. The van der Waals surface area contributed by atoms with Gasteiger partial charge in [0.2, 0.25) is 0 Å². The quantitative estimate of drug-likeness (QED) is 0.880. The number of benzene rings is 1. The number of fused-ring (bicyclic) bond motifs is 1. The molecule has 2 aromatic rings. The predicted molar refractivity (Wildman–Crippen MR) is 77.5 cm³/mol. The molecule has 1 amide bonds. The van der Waals surface area contributed by atoms with E-state index < -0.39 is 6.10 Å². The highest BCUT2D eigenvalue weighted by Gasteiger charge is 2.25. The molecule has 0 radical (unpaired) electrons. The summed E-state index contributed by atoms with van der Waals surface area (Å²) in [5, 5.41) is 14.7. The molecule has 1 saturated carbocycles. The number of pyridine rings is 1. The Morgan fingerprint density at radius 1 is 1.20 bits per heavy atom. The normalized spacial score (nSPS) is 22.6. The third-order valence-corrected chi connectivity index (χ3v) is 3.96. The molecule has 1 aliphatic carbocycles. The van der Waals surface area contributed by atoms with E-state index in [9.17, 15) is 9.90 Å². The van der Waals surface area contributed by atoms with Gasteiger partial charge < -0.3 is 10.4 Å². The van der Waals surface area contributed by atoms with Crippen molar-refractivity contribution in [3.8, 4) is 0 Å². The van der Waals surface area contributed by atoms with Gasteiger partial charge in [-0.05, 0) is 18.2 Å². The Kier molecular flexibility index (Phi) is 3.65. The molecule has 3 rings (SSSR count). The van der Waals surface area contributed by atoms with Crippen LogP contribution in [0.3, 0.4) is 0 Å². The average Bonchev–Trinajstić information content (AvgIpc) is 2.49. The van der Waals surface area contributed by atoms with Crippen molar-refractivity contribution in [2.75, 3.05) is 0 Å². The molecule has 1 heterocycles. The molecule has 2 atom stereocenters. The second kappa shape index (κ2) is 5.59. The number of amides is 1. The Labute approximate surface area is 117 Å². The standard InChI is InChI=1S/C16H18N2O2/c19-15-8-4-3-7-14(15)18-16(20)13-10-17-9-11-5-1-2-6-12(11)13/h1-2,5-6,9-10,14-15,19H,3-4,7-8H2,(H,18,20)/t14-,15+/m0/s1. The molecule has 1 aliphatic rings. The fourth-order valence-electron chi connectivity index (χ4n) is 2.82. The number of hydrogen-bond donors (Lipinski definition) is 2. The molecular weight excluding hydrogens is 252 g/mol. The maximum atomic E-state index is 12.4. The Bertz CT molecular complexity index is 621. The zero-order valence-corrected chi connectivity index (χ0v) is 11.2. The molecule has 1 aromatic carbocycles.